The Morgan fingerprint density at radius 3 is 2.85 bits per heavy atom. The first-order valence-corrected chi connectivity index (χ1v) is 8.55. The van der Waals surface area contributed by atoms with Gasteiger partial charge in [-0.3, -0.25) is 4.99 Å². The first-order valence-electron chi connectivity index (χ1n) is 7.67. The Hall–Kier alpha value is -1.10. The van der Waals surface area contributed by atoms with Crippen LogP contribution in [-0.4, -0.2) is 24.0 Å². The van der Waals surface area contributed by atoms with Crippen molar-refractivity contribution in [3.8, 4) is 0 Å². The summed E-state index contributed by atoms with van der Waals surface area (Å²) in [6.45, 7) is 6.00. The maximum Gasteiger partial charge on any atom is 0.188 e. The van der Waals surface area contributed by atoms with E-state index in [1.54, 1.807) is 11.3 Å². The average molecular weight is 296 g/mol. The minimum Gasteiger partial charge on any atom is -0.370 e. The molecule has 0 bridgehead atoms. The van der Waals surface area contributed by atoms with Gasteiger partial charge in [0.25, 0.3) is 0 Å². The second-order valence-corrected chi connectivity index (χ2v) is 6.04. The van der Waals surface area contributed by atoms with Gasteiger partial charge in [-0.1, -0.05) is 26.2 Å². The molecule has 0 aliphatic heterocycles. The average Bonchev–Trinajstić information content (AvgIpc) is 2.84. The van der Waals surface area contributed by atoms with E-state index in [1.807, 2.05) is 6.92 Å². The van der Waals surface area contributed by atoms with Gasteiger partial charge >= 0.3 is 0 Å². The van der Waals surface area contributed by atoms with E-state index in [-0.39, 0.29) is 0 Å². The lowest BCUT2D eigenvalue weighted by Crippen LogP contribution is -2.32. The van der Waals surface area contributed by atoms with Crippen molar-refractivity contribution in [2.75, 3.05) is 13.1 Å². The molecule has 0 atom stereocenters. The number of guanidine groups is 1. The van der Waals surface area contributed by atoms with Crippen LogP contribution >= 0.6 is 11.3 Å². The lowest BCUT2D eigenvalue weighted by molar-refractivity contribution is 0.669. The van der Waals surface area contributed by atoms with Crippen LogP contribution in [0, 0.1) is 6.92 Å². The molecule has 0 radical (unpaired) electrons. The molecular formula is C15H28N4S. The van der Waals surface area contributed by atoms with Crippen LogP contribution in [0.2, 0.25) is 0 Å². The molecule has 1 aromatic heterocycles. The van der Waals surface area contributed by atoms with E-state index < -0.39 is 0 Å². The number of rotatable bonds is 10. The molecule has 0 spiro atoms. The van der Waals surface area contributed by atoms with Crippen molar-refractivity contribution in [2.45, 2.75) is 58.8 Å². The predicted octanol–water partition coefficient (Wildman–Crippen LogP) is 3.26. The van der Waals surface area contributed by atoms with Crippen LogP contribution in [0.5, 0.6) is 0 Å². The largest absolute Gasteiger partial charge is 0.370 e. The molecule has 1 rings (SSSR count). The fourth-order valence-corrected chi connectivity index (χ4v) is 2.75. The number of aliphatic imine (C=N–C) groups is 1. The van der Waals surface area contributed by atoms with Crippen molar-refractivity contribution in [3.05, 3.63) is 16.1 Å². The summed E-state index contributed by atoms with van der Waals surface area (Å²) in [7, 11) is 0. The van der Waals surface area contributed by atoms with Crippen LogP contribution in [0.4, 0.5) is 0 Å². The van der Waals surface area contributed by atoms with Crippen molar-refractivity contribution in [2.24, 2.45) is 10.7 Å². The molecule has 0 saturated carbocycles. The van der Waals surface area contributed by atoms with Crippen molar-refractivity contribution in [3.63, 3.8) is 0 Å². The van der Waals surface area contributed by atoms with Crippen LogP contribution < -0.4 is 11.1 Å². The summed E-state index contributed by atoms with van der Waals surface area (Å²) in [6, 6.07) is 0. The monoisotopic (exact) mass is 296 g/mol. The lowest BCUT2D eigenvalue weighted by Gasteiger charge is -2.05. The Morgan fingerprint density at radius 1 is 1.30 bits per heavy atom. The van der Waals surface area contributed by atoms with E-state index >= 15 is 0 Å². The first-order chi connectivity index (χ1) is 9.72. The third kappa shape index (κ3) is 8.15. The zero-order valence-corrected chi connectivity index (χ0v) is 13.6. The highest BCUT2D eigenvalue weighted by molar-refractivity contribution is 7.09. The molecule has 0 aliphatic carbocycles. The van der Waals surface area contributed by atoms with Gasteiger partial charge in [-0.2, -0.15) is 0 Å². The van der Waals surface area contributed by atoms with Crippen LogP contribution in [0.15, 0.2) is 10.4 Å². The van der Waals surface area contributed by atoms with Crippen molar-refractivity contribution in [1.29, 1.82) is 0 Å². The number of nitrogens with two attached hydrogens (primary N) is 1. The molecule has 1 heterocycles. The van der Waals surface area contributed by atoms with E-state index in [4.69, 9.17) is 5.73 Å². The first kappa shape index (κ1) is 17.0. The summed E-state index contributed by atoms with van der Waals surface area (Å²) in [5.41, 5.74) is 6.94. The number of hydrogen-bond donors (Lipinski definition) is 2. The van der Waals surface area contributed by atoms with Crippen molar-refractivity contribution >= 4 is 17.3 Å². The molecule has 20 heavy (non-hydrogen) atoms. The molecule has 0 amide bonds. The second-order valence-electron chi connectivity index (χ2n) is 5.09. The standard InChI is InChI=1S/C15H28N4S/c1-3-4-5-7-10-17-15(16)18-11-8-6-9-14-19-13(2)12-20-14/h12H,3-11H2,1-2H3,(H3,16,17,18). The summed E-state index contributed by atoms with van der Waals surface area (Å²) in [4.78, 5) is 8.79. The molecule has 3 N–H and O–H groups in total. The topological polar surface area (TPSA) is 63.3 Å². The summed E-state index contributed by atoms with van der Waals surface area (Å²) in [5.74, 6) is 0.589. The molecule has 1 aromatic rings. The molecule has 0 aromatic carbocycles. The zero-order chi connectivity index (χ0) is 14.6. The third-order valence-corrected chi connectivity index (χ3v) is 4.11. The predicted molar refractivity (Wildman–Crippen MR) is 88.4 cm³/mol. The SMILES string of the molecule is CCCCCCN=C(N)NCCCCc1nc(C)cs1. The Morgan fingerprint density at radius 2 is 2.15 bits per heavy atom. The van der Waals surface area contributed by atoms with Crippen LogP contribution in [-0.2, 0) is 6.42 Å². The smallest absolute Gasteiger partial charge is 0.188 e. The Balaban J connectivity index is 1.98. The maximum atomic E-state index is 5.81. The molecular weight excluding hydrogens is 268 g/mol. The molecule has 114 valence electrons. The van der Waals surface area contributed by atoms with Gasteiger partial charge in [-0.15, -0.1) is 11.3 Å². The highest BCUT2D eigenvalue weighted by atomic mass is 32.1. The van der Waals surface area contributed by atoms with Crippen LogP contribution in [0.3, 0.4) is 0 Å². The Kier molecular flexibility index (Phi) is 9.04. The molecule has 5 heteroatoms. The van der Waals surface area contributed by atoms with Gasteiger partial charge in [0.1, 0.15) is 0 Å². The molecule has 0 unspecified atom stereocenters. The summed E-state index contributed by atoms with van der Waals surface area (Å²) >= 11 is 1.75. The van der Waals surface area contributed by atoms with Gasteiger partial charge in [0.05, 0.1) is 5.01 Å². The van der Waals surface area contributed by atoms with E-state index in [1.165, 1.54) is 24.3 Å². The number of nitrogens with zero attached hydrogens (tertiary/aromatic N) is 2. The molecule has 4 nitrogen and oxygen atoms in total. The number of aromatic nitrogens is 1. The minimum absolute atomic E-state index is 0.589. The summed E-state index contributed by atoms with van der Waals surface area (Å²) < 4.78 is 0. The second kappa shape index (κ2) is 10.7. The molecule has 0 fully saturated rings. The number of unbranched alkanes of at least 4 members (excludes halogenated alkanes) is 4. The Labute approximate surface area is 126 Å². The summed E-state index contributed by atoms with van der Waals surface area (Å²) in [6.07, 6.45) is 8.25. The van der Waals surface area contributed by atoms with Crippen LogP contribution in [0.1, 0.15) is 56.2 Å². The number of nitrogens with one attached hydrogen (secondary N) is 1. The minimum atomic E-state index is 0.589. The fraction of sp³-hybridized carbons (Fsp3) is 0.733. The van der Waals surface area contributed by atoms with Crippen molar-refractivity contribution in [1.82, 2.24) is 10.3 Å². The molecule has 0 saturated heterocycles. The van der Waals surface area contributed by atoms with Gasteiger partial charge in [0, 0.05) is 24.2 Å². The quantitative estimate of drug-likeness (QED) is 0.396. The zero-order valence-electron chi connectivity index (χ0n) is 12.8. The highest BCUT2D eigenvalue weighted by Gasteiger charge is 1.98. The van der Waals surface area contributed by atoms with Gasteiger partial charge in [-0.25, -0.2) is 4.98 Å². The Bertz CT molecular complexity index is 387. The van der Waals surface area contributed by atoms with E-state index in [0.29, 0.717) is 5.96 Å². The van der Waals surface area contributed by atoms with Gasteiger partial charge in [0.15, 0.2) is 5.96 Å². The lowest BCUT2D eigenvalue weighted by atomic mass is 10.2. The van der Waals surface area contributed by atoms with Crippen molar-refractivity contribution < 1.29 is 0 Å². The summed E-state index contributed by atoms with van der Waals surface area (Å²) in [5, 5.41) is 6.52. The number of thiazole rings is 1. The van der Waals surface area contributed by atoms with Gasteiger partial charge in [0.2, 0.25) is 0 Å². The van der Waals surface area contributed by atoms with Crippen LogP contribution in [0.25, 0.3) is 0 Å². The number of aryl methyl sites for hydroxylation is 2. The fourth-order valence-electron chi connectivity index (χ4n) is 1.93. The van der Waals surface area contributed by atoms with Gasteiger partial charge in [-0.05, 0) is 32.6 Å². The van der Waals surface area contributed by atoms with E-state index in [2.05, 4.69) is 27.6 Å². The van der Waals surface area contributed by atoms with Gasteiger partial charge < -0.3 is 11.1 Å². The maximum absolute atomic E-state index is 5.81. The normalized spacial score (nSPS) is 11.8. The van der Waals surface area contributed by atoms with E-state index in [9.17, 15) is 0 Å². The highest BCUT2D eigenvalue weighted by Crippen LogP contribution is 2.11. The number of hydrogen-bond acceptors (Lipinski definition) is 3. The third-order valence-electron chi connectivity index (χ3n) is 3.08. The van der Waals surface area contributed by atoms with E-state index in [0.717, 1.165) is 44.5 Å². The molecule has 0 aliphatic rings.